The van der Waals surface area contributed by atoms with Crippen LogP contribution in [0.25, 0.3) is 10.2 Å². The molecule has 1 unspecified atom stereocenters. The third kappa shape index (κ3) is 2.33. The Hall–Kier alpha value is -2.40. The Labute approximate surface area is 132 Å². The van der Waals surface area contributed by atoms with Crippen LogP contribution in [0, 0.1) is 0 Å². The molecular formula is C17H15N3OS. The van der Waals surface area contributed by atoms with Crippen molar-refractivity contribution in [3.8, 4) is 0 Å². The highest BCUT2D eigenvalue weighted by atomic mass is 32.1. The van der Waals surface area contributed by atoms with E-state index in [1.165, 1.54) is 0 Å². The van der Waals surface area contributed by atoms with Gasteiger partial charge in [-0.15, -0.1) is 0 Å². The summed E-state index contributed by atoms with van der Waals surface area (Å²) in [7, 11) is 0. The standard InChI is InChI=1S/C17H15N3OS/c21-16-14(10-11-20(16)12-6-2-1-3-7-12)19-17-18-13-8-4-5-9-15(13)22-17/h1-9,14H,10-11H2,(H,18,19). The molecule has 1 aliphatic heterocycles. The van der Waals surface area contributed by atoms with Gasteiger partial charge in [-0.2, -0.15) is 0 Å². The Bertz CT molecular complexity index is 782. The van der Waals surface area contributed by atoms with Crippen molar-refractivity contribution in [3.63, 3.8) is 0 Å². The van der Waals surface area contributed by atoms with E-state index in [9.17, 15) is 4.79 Å². The molecule has 0 radical (unpaired) electrons. The van der Waals surface area contributed by atoms with E-state index in [0.29, 0.717) is 0 Å². The second-order valence-electron chi connectivity index (χ2n) is 5.30. The van der Waals surface area contributed by atoms with Gasteiger partial charge in [0, 0.05) is 12.2 Å². The molecule has 0 saturated carbocycles. The molecule has 1 saturated heterocycles. The number of aromatic nitrogens is 1. The number of nitrogens with zero attached hydrogens (tertiary/aromatic N) is 2. The lowest BCUT2D eigenvalue weighted by atomic mass is 10.2. The number of anilines is 2. The van der Waals surface area contributed by atoms with E-state index in [0.717, 1.165) is 34.0 Å². The summed E-state index contributed by atoms with van der Waals surface area (Å²) in [4.78, 5) is 18.9. The Kier molecular flexibility index (Phi) is 3.27. The fourth-order valence-corrected chi connectivity index (χ4v) is 3.68. The van der Waals surface area contributed by atoms with Crippen molar-refractivity contribution in [3.05, 3.63) is 54.6 Å². The van der Waals surface area contributed by atoms with Gasteiger partial charge in [0.2, 0.25) is 5.91 Å². The van der Waals surface area contributed by atoms with Crippen molar-refractivity contribution < 1.29 is 4.79 Å². The summed E-state index contributed by atoms with van der Waals surface area (Å²) in [6, 6.07) is 17.6. The zero-order valence-electron chi connectivity index (χ0n) is 11.9. The van der Waals surface area contributed by atoms with Crippen LogP contribution in [-0.4, -0.2) is 23.5 Å². The highest BCUT2D eigenvalue weighted by Crippen LogP contribution is 2.28. The SMILES string of the molecule is O=C1C(Nc2nc3ccccc3s2)CCN1c1ccccc1. The van der Waals surface area contributed by atoms with Gasteiger partial charge in [-0.25, -0.2) is 4.98 Å². The van der Waals surface area contributed by atoms with Crippen molar-refractivity contribution in [1.29, 1.82) is 0 Å². The molecule has 1 atom stereocenters. The molecule has 1 aromatic heterocycles. The minimum absolute atomic E-state index is 0.116. The number of hydrogen-bond donors (Lipinski definition) is 1. The number of nitrogens with one attached hydrogen (secondary N) is 1. The first-order valence-corrected chi connectivity index (χ1v) is 8.11. The molecule has 1 amide bonds. The van der Waals surface area contributed by atoms with Crippen LogP contribution < -0.4 is 10.2 Å². The number of carbonyl (C=O) groups excluding carboxylic acids is 1. The maximum absolute atomic E-state index is 12.6. The monoisotopic (exact) mass is 309 g/mol. The lowest BCUT2D eigenvalue weighted by Crippen LogP contribution is -2.33. The molecule has 1 aliphatic rings. The summed E-state index contributed by atoms with van der Waals surface area (Å²) in [5, 5.41) is 4.11. The normalized spacial score (nSPS) is 18.1. The predicted molar refractivity (Wildman–Crippen MR) is 90.4 cm³/mol. The summed E-state index contributed by atoms with van der Waals surface area (Å²) in [5.41, 5.74) is 1.93. The van der Waals surface area contributed by atoms with E-state index in [1.54, 1.807) is 11.3 Å². The number of fused-ring (bicyclic) bond motifs is 1. The Morgan fingerprint density at radius 1 is 1.09 bits per heavy atom. The van der Waals surface area contributed by atoms with Crippen LogP contribution in [0.3, 0.4) is 0 Å². The average Bonchev–Trinajstić information content (AvgIpc) is 3.12. The molecule has 22 heavy (non-hydrogen) atoms. The van der Waals surface area contributed by atoms with E-state index in [1.807, 2.05) is 59.5 Å². The van der Waals surface area contributed by atoms with Gasteiger partial charge < -0.3 is 10.2 Å². The van der Waals surface area contributed by atoms with Crippen LogP contribution in [0.1, 0.15) is 6.42 Å². The van der Waals surface area contributed by atoms with Crippen LogP contribution in [0.5, 0.6) is 0 Å². The third-order valence-electron chi connectivity index (χ3n) is 3.86. The molecule has 0 bridgehead atoms. The Morgan fingerprint density at radius 3 is 2.68 bits per heavy atom. The predicted octanol–water partition coefficient (Wildman–Crippen LogP) is 3.51. The summed E-state index contributed by atoms with van der Waals surface area (Å²) < 4.78 is 1.13. The van der Waals surface area contributed by atoms with E-state index < -0.39 is 0 Å². The molecule has 2 heterocycles. The molecule has 0 spiro atoms. The van der Waals surface area contributed by atoms with Crippen molar-refractivity contribution in [1.82, 2.24) is 4.98 Å². The Balaban J connectivity index is 1.53. The van der Waals surface area contributed by atoms with Crippen LogP contribution in [0.2, 0.25) is 0 Å². The molecule has 1 fully saturated rings. The number of para-hydroxylation sites is 2. The van der Waals surface area contributed by atoms with Gasteiger partial charge in [-0.3, -0.25) is 4.79 Å². The quantitative estimate of drug-likeness (QED) is 0.805. The van der Waals surface area contributed by atoms with E-state index >= 15 is 0 Å². The molecule has 5 heteroatoms. The van der Waals surface area contributed by atoms with E-state index in [4.69, 9.17) is 0 Å². The zero-order chi connectivity index (χ0) is 14.9. The molecule has 4 rings (SSSR count). The minimum atomic E-state index is -0.194. The van der Waals surface area contributed by atoms with Crippen LogP contribution in [0.4, 0.5) is 10.8 Å². The van der Waals surface area contributed by atoms with Crippen LogP contribution in [0.15, 0.2) is 54.6 Å². The van der Waals surface area contributed by atoms with E-state index in [-0.39, 0.29) is 11.9 Å². The second-order valence-corrected chi connectivity index (χ2v) is 6.33. The molecule has 3 aromatic rings. The molecule has 4 nitrogen and oxygen atoms in total. The maximum Gasteiger partial charge on any atom is 0.249 e. The molecule has 0 aliphatic carbocycles. The lowest BCUT2D eigenvalue weighted by molar-refractivity contribution is -0.117. The van der Waals surface area contributed by atoms with Crippen molar-refractivity contribution >= 4 is 38.3 Å². The fourth-order valence-electron chi connectivity index (χ4n) is 2.76. The average molecular weight is 309 g/mol. The summed E-state index contributed by atoms with van der Waals surface area (Å²) in [5.74, 6) is 0.116. The fraction of sp³-hybridized carbons (Fsp3) is 0.176. The first kappa shape index (κ1) is 13.3. The number of hydrogen-bond acceptors (Lipinski definition) is 4. The largest absolute Gasteiger partial charge is 0.350 e. The number of thiazole rings is 1. The van der Waals surface area contributed by atoms with Crippen molar-refractivity contribution in [2.24, 2.45) is 0 Å². The molecule has 1 N–H and O–H groups in total. The summed E-state index contributed by atoms with van der Waals surface area (Å²) in [6.45, 7) is 0.741. The lowest BCUT2D eigenvalue weighted by Gasteiger charge is -2.16. The molecule has 110 valence electrons. The van der Waals surface area contributed by atoms with Gasteiger partial charge >= 0.3 is 0 Å². The van der Waals surface area contributed by atoms with Gasteiger partial charge in [0.25, 0.3) is 0 Å². The number of amides is 1. The first-order chi connectivity index (χ1) is 10.8. The first-order valence-electron chi connectivity index (χ1n) is 7.30. The van der Waals surface area contributed by atoms with Gasteiger partial charge in [-0.05, 0) is 30.7 Å². The van der Waals surface area contributed by atoms with Crippen molar-refractivity contribution in [2.45, 2.75) is 12.5 Å². The van der Waals surface area contributed by atoms with Crippen LogP contribution in [-0.2, 0) is 4.79 Å². The molecule has 2 aromatic carbocycles. The second kappa shape index (κ2) is 5.42. The van der Waals surface area contributed by atoms with Gasteiger partial charge in [-0.1, -0.05) is 41.7 Å². The topological polar surface area (TPSA) is 45.2 Å². The smallest absolute Gasteiger partial charge is 0.249 e. The maximum atomic E-state index is 12.6. The van der Waals surface area contributed by atoms with Crippen LogP contribution >= 0.6 is 11.3 Å². The highest BCUT2D eigenvalue weighted by molar-refractivity contribution is 7.22. The zero-order valence-corrected chi connectivity index (χ0v) is 12.7. The number of rotatable bonds is 3. The minimum Gasteiger partial charge on any atom is -0.350 e. The van der Waals surface area contributed by atoms with Crippen molar-refractivity contribution in [2.75, 3.05) is 16.8 Å². The van der Waals surface area contributed by atoms with Gasteiger partial charge in [0.15, 0.2) is 5.13 Å². The number of carbonyl (C=O) groups is 1. The highest BCUT2D eigenvalue weighted by Gasteiger charge is 2.32. The Morgan fingerprint density at radius 2 is 1.86 bits per heavy atom. The number of benzene rings is 2. The molecular weight excluding hydrogens is 294 g/mol. The summed E-state index contributed by atoms with van der Waals surface area (Å²) >= 11 is 1.59. The van der Waals surface area contributed by atoms with Gasteiger partial charge in [0.05, 0.1) is 10.2 Å². The van der Waals surface area contributed by atoms with E-state index in [2.05, 4.69) is 10.3 Å². The third-order valence-corrected chi connectivity index (χ3v) is 4.83. The van der Waals surface area contributed by atoms with Gasteiger partial charge in [0.1, 0.15) is 6.04 Å². The summed E-state index contributed by atoms with van der Waals surface area (Å²) in [6.07, 6.45) is 0.795.